The van der Waals surface area contributed by atoms with Crippen LogP contribution < -0.4 is 15.6 Å². The number of nitrogens with one attached hydrogen (secondary N) is 2. The number of ether oxygens (including phenoxy) is 1. The van der Waals surface area contributed by atoms with Crippen LogP contribution in [0.5, 0.6) is 5.75 Å². The van der Waals surface area contributed by atoms with Gasteiger partial charge in [0.25, 0.3) is 11.5 Å². The van der Waals surface area contributed by atoms with E-state index in [0.29, 0.717) is 40.6 Å². The second-order valence-corrected chi connectivity index (χ2v) is 6.58. The predicted octanol–water partition coefficient (Wildman–Crippen LogP) is 3.05. The number of hydrogen-bond donors (Lipinski definition) is 2. The number of rotatable bonds is 3. The number of pyridine rings is 1. The zero-order valence-corrected chi connectivity index (χ0v) is 14.6. The van der Waals surface area contributed by atoms with Gasteiger partial charge < -0.3 is 15.0 Å². The molecule has 25 heavy (non-hydrogen) atoms. The Morgan fingerprint density at radius 1 is 1.28 bits per heavy atom. The van der Waals surface area contributed by atoms with Gasteiger partial charge in [-0.3, -0.25) is 14.4 Å². The number of methoxy groups -OCH3 is 1. The molecule has 0 saturated heterocycles. The first-order valence-electron chi connectivity index (χ1n) is 7.83. The van der Waals surface area contributed by atoms with Gasteiger partial charge in [0.1, 0.15) is 11.3 Å². The van der Waals surface area contributed by atoms with Gasteiger partial charge in [-0.25, -0.2) is 0 Å². The van der Waals surface area contributed by atoms with Gasteiger partial charge in [-0.2, -0.15) is 0 Å². The van der Waals surface area contributed by atoms with E-state index in [4.69, 9.17) is 16.3 Å². The summed E-state index contributed by atoms with van der Waals surface area (Å²) in [4.78, 5) is 39.7. The lowest BCUT2D eigenvalue weighted by molar-refractivity contribution is 0.0952. The van der Waals surface area contributed by atoms with Gasteiger partial charge >= 0.3 is 0 Å². The number of aromatic nitrogens is 1. The Morgan fingerprint density at radius 3 is 2.76 bits per heavy atom. The molecule has 0 aliphatic heterocycles. The molecule has 7 heteroatoms. The second-order valence-electron chi connectivity index (χ2n) is 6.14. The minimum Gasteiger partial charge on any atom is -0.495 e. The Hall–Kier alpha value is -2.60. The van der Waals surface area contributed by atoms with Crippen molar-refractivity contribution in [3.05, 3.63) is 56.5 Å². The molecule has 6 nitrogen and oxygen atoms in total. The molecular formula is C18H17ClN2O4. The predicted molar refractivity (Wildman–Crippen MR) is 94.8 cm³/mol. The van der Waals surface area contributed by atoms with Gasteiger partial charge in [-0.1, -0.05) is 18.5 Å². The number of Topliss-reactive ketones (excluding diaryl/α,β-unsaturated/α-hetero) is 1. The molecule has 1 atom stereocenters. The van der Waals surface area contributed by atoms with E-state index in [1.807, 2.05) is 6.92 Å². The minimum atomic E-state index is -0.629. The summed E-state index contributed by atoms with van der Waals surface area (Å²) in [7, 11) is 1.46. The third-order valence-corrected chi connectivity index (χ3v) is 4.40. The summed E-state index contributed by atoms with van der Waals surface area (Å²) in [5.41, 5.74) is 0.687. The van der Waals surface area contributed by atoms with Crippen LogP contribution in [-0.4, -0.2) is 23.8 Å². The van der Waals surface area contributed by atoms with Crippen LogP contribution in [0, 0.1) is 5.92 Å². The van der Waals surface area contributed by atoms with Crippen molar-refractivity contribution >= 4 is 29.0 Å². The van der Waals surface area contributed by atoms with Crippen LogP contribution in [0.15, 0.2) is 29.1 Å². The summed E-state index contributed by atoms with van der Waals surface area (Å²) in [6, 6.07) is 6.13. The molecule has 1 heterocycles. The number of carbonyl (C=O) groups is 2. The summed E-state index contributed by atoms with van der Waals surface area (Å²) < 4.78 is 5.17. The number of anilines is 1. The maximum absolute atomic E-state index is 12.5. The van der Waals surface area contributed by atoms with Crippen molar-refractivity contribution in [1.29, 1.82) is 0 Å². The van der Waals surface area contributed by atoms with Crippen molar-refractivity contribution in [1.82, 2.24) is 4.98 Å². The smallest absolute Gasteiger partial charge is 0.261 e. The van der Waals surface area contributed by atoms with Crippen LogP contribution in [0.1, 0.15) is 39.8 Å². The molecule has 1 unspecified atom stereocenters. The lowest BCUT2D eigenvalue weighted by atomic mass is 9.86. The Balaban J connectivity index is 1.96. The van der Waals surface area contributed by atoms with Gasteiger partial charge in [0.2, 0.25) is 0 Å². The fourth-order valence-corrected chi connectivity index (χ4v) is 3.13. The standard InChI is InChI=1S/C18H17ClN2O4/c1-9-5-13-11(15(22)6-9)8-12(17(23)20-13)18(24)21-14-7-10(19)3-4-16(14)25-2/h3-4,7-9H,5-6H2,1-2H3,(H,20,23)(H,21,24). The molecule has 2 aromatic rings. The molecule has 1 aromatic heterocycles. The second kappa shape index (κ2) is 6.72. The van der Waals surface area contributed by atoms with Gasteiger partial charge in [0.05, 0.1) is 12.8 Å². The van der Waals surface area contributed by atoms with E-state index >= 15 is 0 Å². The number of fused-ring (bicyclic) bond motifs is 1. The highest BCUT2D eigenvalue weighted by atomic mass is 35.5. The van der Waals surface area contributed by atoms with Gasteiger partial charge in [0.15, 0.2) is 5.78 Å². The average Bonchev–Trinajstić information content (AvgIpc) is 2.54. The van der Waals surface area contributed by atoms with Crippen LogP contribution >= 0.6 is 11.6 Å². The monoisotopic (exact) mass is 360 g/mol. The Morgan fingerprint density at radius 2 is 2.04 bits per heavy atom. The molecule has 1 amide bonds. The summed E-state index contributed by atoms with van der Waals surface area (Å²) in [5, 5.41) is 3.03. The topological polar surface area (TPSA) is 88.3 Å². The molecule has 0 saturated carbocycles. The van der Waals surface area contributed by atoms with Crippen molar-refractivity contribution in [2.24, 2.45) is 5.92 Å². The normalized spacial score (nSPS) is 16.3. The molecule has 1 aliphatic carbocycles. The lowest BCUT2D eigenvalue weighted by Gasteiger charge is -2.20. The largest absolute Gasteiger partial charge is 0.495 e. The van der Waals surface area contributed by atoms with E-state index in [1.54, 1.807) is 12.1 Å². The third-order valence-electron chi connectivity index (χ3n) is 4.16. The number of carbonyl (C=O) groups excluding carboxylic acids is 2. The van der Waals surface area contributed by atoms with Crippen molar-refractivity contribution in [2.75, 3.05) is 12.4 Å². The maximum Gasteiger partial charge on any atom is 0.261 e. The highest BCUT2D eigenvalue weighted by Crippen LogP contribution is 2.28. The van der Waals surface area contributed by atoms with E-state index in [2.05, 4.69) is 10.3 Å². The summed E-state index contributed by atoms with van der Waals surface area (Å²) in [6.45, 7) is 1.95. The van der Waals surface area contributed by atoms with E-state index < -0.39 is 11.5 Å². The SMILES string of the molecule is COc1ccc(Cl)cc1NC(=O)c1cc2c([nH]c1=O)CC(C)CC2=O. The number of halogens is 1. The lowest BCUT2D eigenvalue weighted by Crippen LogP contribution is -2.29. The number of benzene rings is 1. The van der Waals surface area contributed by atoms with Crippen LogP contribution in [-0.2, 0) is 6.42 Å². The van der Waals surface area contributed by atoms with E-state index in [0.717, 1.165) is 0 Å². The highest BCUT2D eigenvalue weighted by molar-refractivity contribution is 6.31. The number of aromatic amines is 1. The highest BCUT2D eigenvalue weighted by Gasteiger charge is 2.26. The average molecular weight is 361 g/mol. The fraction of sp³-hybridized carbons (Fsp3) is 0.278. The van der Waals surface area contributed by atoms with Gasteiger partial charge in [0, 0.05) is 22.7 Å². The first kappa shape index (κ1) is 17.2. The van der Waals surface area contributed by atoms with Crippen molar-refractivity contribution < 1.29 is 14.3 Å². The maximum atomic E-state index is 12.5. The molecule has 3 rings (SSSR count). The summed E-state index contributed by atoms with van der Waals surface area (Å²) in [5.74, 6) is -0.112. The van der Waals surface area contributed by atoms with Crippen LogP contribution in [0.2, 0.25) is 5.02 Å². The summed E-state index contributed by atoms with van der Waals surface area (Å²) in [6.07, 6.45) is 1.02. The molecule has 1 aromatic carbocycles. The minimum absolute atomic E-state index is 0.0700. The third kappa shape index (κ3) is 3.44. The molecule has 0 bridgehead atoms. The zero-order valence-electron chi connectivity index (χ0n) is 13.8. The number of amides is 1. The molecule has 0 fully saturated rings. The van der Waals surface area contributed by atoms with Crippen LogP contribution in [0.25, 0.3) is 0 Å². The van der Waals surface area contributed by atoms with E-state index in [-0.39, 0.29) is 17.3 Å². The molecule has 1 aliphatic rings. The van der Waals surface area contributed by atoms with Crippen molar-refractivity contribution in [3.63, 3.8) is 0 Å². The molecular weight excluding hydrogens is 344 g/mol. The number of hydrogen-bond acceptors (Lipinski definition) is 4. The summed E-state index contributed by atoms with van der Waals surface area (Å²) >= 11 is 5.94. The zero-order chi connectivity index (χ0) is 18.1. The number of H-pyrrole nitrogens is 1. The first-order valence-corrected chi connectivity index (χ1v) is 8.21. The fourth-order valence-electron chi connectivity index (χ4n) is 2.96. The Labute approximate surface area is 149 Å². The Bertz CT molecular complexity index is 920. The van der Waals surface area contributed by atoms with Crippen LogP contribution in [0.3, 0.4) is 0 Å². The molecule has 130 valence electrons. The molecule has 0 spiro atoms. The van der Waals surface area contributed by atoms with E-state index in [1.165, 1.54) is 19.2 Å². The molecule has 0 radical (unpaired) electrons. The first-order chi connectivity index (χ1) is 11.9. The number of ketones is 1. The Kier molecular flexibility index (Phi) is 4.63. The van der Waals surface area contributed by atoms with Crippen molar-refractivity contribution in [3.8, 4) is 5.75 Å². The van der Waals surface area contributed by atoms with Crippen LogP contribution in [0.4, 0.5) is 5.69 Å². The van der Waals surface area contributed by atoms with Gasteiger partial charge in [-0.05, 0) is 36.6 Å². The van der Waals surface area contributed by atoms with Gasteiger partial charge in [-0.15, -0.1) is 0 Å². The quantitative estimate of drug-likeness (QED) is 0.880. The molecule has 2 N–H and O–H groups in total. The van der Waals surface area contributed by atoms with E-state index in [9.17, 15) is 14.4 Å². The van der Waals surface area contributed by atoms with Crippen molar-refractivity contribution in [2.45, 2.75) is 19.8 Å².